The van der Waals surface area contributed by atoms with Crippen molar-refractivity contribution in [1.29, 1.82) is 0 Å². The molecular weight excluding hydrogens is 462 g/mol. The van der Waals surface area contributed by atoms with Gasteiger partial charge < -0.3 is 19.7 Å². The van der Waals surface area contributed by atoms with E-state index in [2.05, 4.69) is 116 Å². The normalized spacial score (nSPS) is 17.4. The number of benzene rings is 2. The Hall–Kier alpha value is -3.64. The van der Waals surface area contributed by atoms with E-state index in [-0.39, 0.29) is 12.1 Å². The summed E-state index contributed by atoms with van der Waals surface area (Å²) in [6.07, 6.45) is 1.85. The number of nitrogens with one attached hydrogen (secondary N) is 1. The number of anilines is 2. The van der Waals surface area contributed by atoms with Crippen molar-refractivity contribution in [3.8, 4) is 5.69 Å². The van der Waals surface area contributed by atoms with Gasteiger partial charge in [0.15, 0.2) is 5.11 Å². The van der Waals surface area contributed by atoms with Crippen molar-refractivity contribution >= 4 is 28.7 Å². The number of aryl methyl sites for hydroxylation is 3. The van der Waals surface area contributed by atoms with Crippen molar-refractivity contribution in [2.75, 3.05) is 23.9 Å². The molecule has 5 rings (SSSR count). The van der Waals surface area contributed by atoms with Crippen LogP contribution in [-0.4, -0.2) is 28.8 Å². The standard InChI is InChI=1S/C30H33N5S/c1-19-10-11-20(2)27(17-19)34-21(3)18-25(22(34)4)29-28(26-9-7-8-16-31-26)32-30(36)35(29)24-14-12-23(13-15-24)33(5)6/h7-18,28-29H,1-6H3,(H,32,36)/t28-,29-/m1/s1. The Bertz CT molecular complexity index is 1410. The molecule has 2 aromatic heterocycles. The summed E-state index contributed by atoms with van der Waals surface area (Å²) in [7, 11) is 4.11. The van der Waals surface area contributed by atoms with Crippen LogP contribution in [0.3, 0.4) is 0 Å². The summed E-state index contributed by atoms with van der Waals surface area (Å²) < 4.78 is 2.38. The molecule has 2 atom stereocenters. The molecule has 6 heteroatoms. The summed E-state index contributed by atoms with van der Waals surface area (Å²) in [5.74, 6) is 0. The SMILES string of the molecule is Cc1ccc(C)c(-n2c(C)cc([C@@H]3[C@@H](c4ccccn4)NC(=S)N3c3ccc(N(C)C)cc3)c2C)c1. The molecule has 0 bridgehead atoms. The van der Waals surface area contributed by atoms with E-state index in [1.54, 1.807) is 0 Å². The molecule has 3 heterocycles. The molecule has 1 aliphatic rings. The maximum Gasteiger partial charge on any atom is 0.174 e. The lowest BCUT2D eigenvalue weighted by atomic mass is 9.96. The summed E-state index contributed by atoms with van der Waals surface area (Å²) >= 11 is 5.95. The second kappa shape index (κ2) is 9.43. The average Bonchev–Trinajstić information content (AvgIpc) is 3.36. The monoisotopic (exact) mass is 495 g/mol. The number of rotatable bonds is 5. The van der Waals surface area contributed by atoms with Gasteiger partial charge in [-0.25, -0.2) is 0 Å². The number of aromatic nitrogens is 2. The van der Waals surface area contributed by atoms with E-state index in [9.17, 15) is 0 Å². The molecule has 0 unspecified atom stereocenters. The smallest absolute Gasteiger partial charge is 0.174 e. The molecule has 0 amide bonds. The molecule has 36 heavy (non-hydrogen) atoms. The molecule has 1 saturated heterocycles. The number of hydrogen-bond donors (Lipinski definition) is 1. The fourth-order valence-electron chi connectivity index (χ4n) is 5.28. The van der Waals surface area contributed by atoms with E-state index in [1.165, 1.54) is 33.8 Å². The van der Waals surface area contributed by atoms with Gasteiger partial charge in [-0.1, -0.05) is 18.2 Å². The van der Waals surface area contributed by atoms with Crippen molar-refractivity contribution in [3.63, 3.8) is 0 Å². The third-order valence-electron chi connectivity index (χ3n) is 7.14. The Kier molecular flexibility index (Phi) is 6.31. The van der Waals surface area contributed by atoms with Crippen LogP contribution in [0, 0.1) is 27.7 Å². The van der Waals surface area contributed by atoms with Crippen molar-refractivity contribution in [1.82, 2.24) is 14.9 Å². The van der Waals surface area contributed by atoms with E-state index < -0.39 is 0 Å². The molecule has 0 saturated carbocycles. The van der Waals surface area contributed by atoms with Gasteiger partial charge in [0.1, 0.15) is 0 Å². The Balaban J connectivity index is 1.67. The molecule has 0 radical (unpaired) electrons. The predicted molar refractivity (Wildman–Crippen MR) is 153 cm³/mol. The number of pyridine rings is 1. The highest BCUT2D eigenvalue weighted by atomic mass is 32.1. The molecule has 0 spiro atoms. The zero-order chi connectivity index (χ0) is 25.6. The van der Waals surface area contributed by atoms with Gasteiger partial charge in [0.05, 0.1) is 17.8 Å². The van der Waals surface area contributed by atoms with Crippen LogP contribution in [0.4, 0.5) is 11.4 Å². The van der Waals surface area contributed by atoms with Gasteiger partial charge in [-0.05, 0) is 105 Å². The van der Waals surface area contributed by atoms with Gasteiger partial charge in [-0.15, -0.1) is 0 Å². The first kappa shape index (κ1) is 24.1. The van der Waals surface area contributed by atoms with E-state index >= 15 is 0 Å². The third-order valence-corrected chi connectivity index (χ3v) is 7.45. The summed E-state index contributed by atoms with van der Waals surface area (Å²) in [6, 6.07) is 23.5. The molecule has 0 aliphatic carbocycles. The average molecular weight is 496 g/mol. The second-order valence-electron chi connectivity index (χ2n) is 9.86. The molecular formula is C30H33N5S. The largest absolute Gasteiger partial charge is 0.378 e. The lowest BCUT2D eigenvalue weighted by Gasteiger charge is -2.28. The lowest BCUT2D eigenvalue weighted by molar-refractivity contribution is 0.565. The lowest BCUT2D eigenvalue weighted by Crippen LogP contribution is -2.29. The quantitative estimate of drug-likeness (QED) is 0.327. The first-order chi connectivity index (χ1) is 17.3. The third kappa shape index (κ3) is 4.16. The molecule has 2 aromatic carbocycles. The van der Waals surface area contributed by atoms with E-state index in [0.717, 1.165) is 17.1 Å². The summed E-state index contributed by atoms with van der Waals surface area (Å²) in [6.45, 7) is 8.72. The van der Waals surface area contributed by atoms with Crippen LogP contribution in [-0.2, 0) is 0 Å². The minimum absolute atomic E-state index is 0.0392. The van der Waals surface area contributed by atoms with Crippen molar-refractivity contribution < 1.29 is 0 Å². The van der Waals surface area contributed by atoms with Gasteiger partial charge in [-0.2, -0.15) is 0 Å². The Labute approximate surface area is 219 Å². The fourth-order valence-corrected chi connectivity index (χ4v) is 5.62. The summed E-state index contributed by atoms with van der Waals surface area (Å²) in [5.41, 5.74) is 10.6. The summed E-state index contributed by atoms with van der Waals surface area (Å²) in [4.78, 5) is 9.08. The molecule has 1 N–H and O–H groups in total. The molecule has 5 nitrogen and oxygen atoms in total. The first-order valence-corrected chi connectivity index (χ1v) is 12.7. The molecule has 1 fully saturated rings. The van der Waals surface area contributed by atoms with Crippen molar-refractivity contribution in [3.05, 3.63) is 107 Å². The van der Waals surface area contributed by atoms with Gasteiger partial charge in [0.25, 0.3) is 0 Å². The van der Waals surface area contributed by atoms with Crippen LogP contribution < -0.4 is 15.1 Å². The van der Waals surface area contributed by atoms with Gasteiger partial charge >= 0.3 is 0 Å². The highest BCUT2D eigenvalue weighted by Gasteiger charge is 2.42. The maximum absolute atomic E-state index is 5.95. The zero-order valence-corrected chi connectivity index (χ0v) is 22.6. The van der Waals surface area contributed by atoms with E-state index in [4.69, 9.17) is 17.2 Å². The van der Waals surface area contributed by atoms with Gasteiger partial charge in [0, 0.05) is 48.7 Å². The van der Waals surface area contributed by atoms with Crippen LogP contribution in [0.15, 0.2) is 72.9 Å². The molecule has 1 aliphatic heterocycles. The van der Waals surface area contributed by atoms with Crippen LogP contribution in [0.2, 0.25) is 0 Å². The second-order valence-corrected chi connectivity index (χ2v) is 10.2. The van der Waals surface area contributed by atoms with E-state index in [1.807, 2.05) is 18.3 Å². The minimum atomic E-state index is -0.0696. The van der Waals surface area contributed by atoms with Crippen LogP contribution in [0.5, 0.6) is 0 Å². The van der Waals surface area contributed by atoms with Gasteiger partial charge in [-0.3, -0.25) is 4.98 Å². The molecule has 4 aromatic rings. The van der Waals surface area contributed by atoms with Gasteiger partial charge in [0.2, 0.25) is 0 Å². The number of nitrogens with zero attached hydrogens (tertiary/aromatic N) is 4. The molecule has 184 valence electrons. The zero-order valence-electron chi connectivity index (χ0n) is 21.8. The van der Waals surface area contributed by atoms with E-state index in [0.29, 0.717) is 5.11 Å². The highest BCUT2D eigenvalue weighted by Crippen LogP contribution is 2.44. The topological polar surface area (TPSA) is 36.3 Å². The fraction of sp³-hybridized carbons (Fsp3) is 0.267. The summed E-state index contributed by atoms with van der Waals surface area (Å²) in [5, 5.41) is 4.31. The Morgan fingerprint density at radius 3 is 2.33 bits per heavy atom. The predicted octanol–water partition coefficient (Wildman–Crippen LogP) is 6.35. The number of thiocarbonyl (C=S) groups is 1. The number of hydrogen-bond acceptors (Lipinski definition) is 3. The van der Waals surface area contributed by atoms with Crippen molar-refractivity contribution in [2.45, 2.75) is 39.8 Å². The maximum atomic E-state index is 5.95. The Morgan fingerprint density at radius 1 is 0.917 bits per heavy atom. The van der Waals surface area contributed by atoms with Crippen molar-refractivity contribution in [2.24, 2.45) is 0 Å². The van der Waals surface area contributed by atoms with Crippen LogP contribution in [0.1, 0.15) is 45.9 Å². The first-order valence-electron chi connectivity index (χ1n) is 12.3. The minimum Gasteiger partial charge on any atom is -0.378 e. The Morgan fingerprint density at radius 2 is 1.67 bits per heavy atom. The van der Waals surface area contributed by atoms with Crippen LogP contribution >= 0.6 is 12.2 Å². The highest BCUT2D eigenvalue weighted by molar-refractivity contribution is 7.80. The van der Waals surface area contributed by atoms with Crippen LogP contribution in [0.25, 0.3) is 5.69 Å².